The van der Waals surface area contributed by atoms with Gasteiger partial charge in [-0.2, -0.15) is 0 Å². The average molecular weight is 162 g/mol. The van der Waals surface area contributed by atoms with Crippen molar-refractivity contribution in [3.8, 4) is 0 Å². The number of hydrogen-bond donors (Lipinski definition) is 1. The van der Waals surface area contributed by atoms with Crippen molar-refractivity contribution in [2.24, 2.45) is 0 Å². The minimum absolute atomic E-state index is 0.414. The lowest BCUT2D eigenvalue weighted by atomic mass is 9.99. The van der Waals surface area contributed by atoms with Crippen molar-refractivity contribution >= 4 is 6.29 Å². The van der Waals surface area contributed by atoms with Crippen LogP contribution in [0.1, 0.15) is 28.4 Å². The maximum Gasteiger partial charge on any atom is 0.151 e. The molecule has 1 aliphatic heterocycles. The van der Waals surface area contributed by atoms with E-state index in [-0.39, 0.29) is 0 Å². The lowest BCUT2D eigenvalue weighted by molar-refractivity contribution is 0.112. The van der Waals surface area contributed by atoms with Crippen molar-refractivity contribution < 1.29 is 4.79 Å². The summed E-state index contributed by atoms with van der Waals surface area (Å²) in [6.07, 6.45) is 5.36. The smallest absolute Gasteiger partial charge is 0.151 e. The van der Waals surface area contributed by atoms with Crippen LogP contribution in [0.2, 0.25) is 0 Å². The number of nitrogens with one attached hydrogen (secondary N) is 1. The standard InChI is InChI=1S/C9H10N2O/c12-6-7-3-8(5-10-4-7)9-1-2-11-9/h3-6,9,11H,1-2H2/t9-/m1/s1. The van der Waals surface area contributed by atoms with Gasteiger partial charge in [-0.1, -0.05) is 0 Å². The maximum atomic E-state index is 10.4. The third kappa shape index (κ3) is 1.23. The molecular formula is C9H10N2O. The summed E-state index contributed by atoms with van der Waals surface area (Å²) < 4.78 is 0. The largest absolute Gasteiger partial charge is 0.310 e. The van der Waals surface area contributed by atoms with Crippen molar-refractivity contribution in [2.75, 3.05) is 6.54 Å². The van der Waals surface area contributed by atoms with Gasteiger partial charge in [0.25, 0.3) is 0 Å². The second-order valence-corrected chi connectivity index (χ2v) is 2.96. The Bertz CT molecular complexity index is 294. The van der Waals surface area contributed by atoms with E-state index in [1.54, 1.807) is 6.20 Å². The number of rotatable bonds is 2. The molecule has 2 heterocycles. The summed E-state index contributed by atoms with van der Waals surface area (Å²) in [6.45, 7) is 1.07. The number of carbonyl (C=O) groups excluding carboxylic acids is 1. The van der Waals surface area contributed by atoms with Gasteiger partial charge >= 0.3 is 0 Å². The van der Waals surface area contributed by atoms with Gasteiger partial charge in [0.15, 0.2) is 6.29 Å². The molecule has 0 aromatic carbocycles. The molecule has 3 nitrogen and oxygen atoms in total. The van der Waals surface area contributed by atoms with E-state index in [9.17, 15) is 4.79 Å². The molecule has 1 atom stereocenters. The molecule has 0 unspecified atom stereocenters. The molecule has 62 valence electrons. The molecule has 1 aromatic heterocycles. The predicted molar refractivity (Wildman–Crippen MR) is 45.0 cm³/mol. The molecule has 2 rings (SSSR count). The van der Waals surface area contributed by atoms with Gasteiger partial charge in [0.2, 0.25) is 0 Å². The Morgan fingerprint density at radius 3 is 3.00 bits per heavy atom. The third-order valence-electron chi connectivity index (χ3n) is 2.14. The van der Waals surface area contributed by atoms with E-state index >= 15 is 0 Å². The van der Waals surface area contributed by atoms with Crippen molar-refractivity contribution in [1.29, 1.82) is 0 Å². The molecule has 1 fully saturated rings. The third-order valence-corrected chi connectivity index (χ3v) is 2.14. The second-order valence-electron chi connectivity index (χ2n) is 2.96. The van der Waals surface area contributed by atoms with Crippen LogP contribution in [0.25, 0.3) is 0 Å². The molecule has 0 aliphatic carbocycles. The molecule has 1 saturated heterocycles. The Labute approximate surface area is 70.8 Å². The average Bonchev–Trinajstić information content (AvgIpc) is 2.02. The fourth-order valence-electron chi connectivity index (χ4n) is 1.30. The lowest BCUT2D eigenvalue weighted by Gasteiger charge is -2.27. The Morgan fingerprint density at radius 1 is 1.58 bits per heavy atom. The molecule has 1 aliphatic rings. The maximum absolute atomic E-state index is 10.4. The molecule has 1 N–H and O–H groups in total. The summed E-state index contributed by atoms with van der Waals surface area (Å²) in [7, 11) is 0. The summed E-state index contributed by atoms with van der Waals surface area (Å²) in [6, 6.07) is 2.30. The van der Waals surface area contributed by atoms with Gasteiger partial charge in [-0.05, 0) is 24.6 Å². The fourth-order valence-corrected chi connectivity index (χ4v) is 1.30. The molecule has 12 heavy (non-hydrogen) atoms. The van der Waals surface area contributed by atoms with Crippen LogP contribution in [-0.2, 0) is 0 Å². The highest BCUT2D eigenvalue weighted by atomic mass is 16.1. The van der Waals surface area contributed by atoms with Gasteiger partial charge in [0.05, 0.1) is 0 Å². The molecule has 0 bridgehead atoms. The van der Waals surface area contributed by atoms with E-state index in [4.69, 9.17) is 0 Å². The first-order valence-electron chi connectivity index (χ1n) is 4.03. The Balaban J connectivity index is 2.25. The van der Waals surface area contributed by atoms with Crippen LogP contribution in [0.3, 0.4) is 0 Å². The minimum atomic E-state index is 0.414. The van der Waals surface area contributed by atoms with E-state index in [2.05, 4.69) is 10.3 Å². The van der Waals surface area contributed by atoms with Crippen molar-refractivity contribution in [2.45, 2.75) is 12.5 Å². The number of carbonyl (C=O) groups is 1. The van der Waals surface area contributed by atoms with Gasteiger partial charge in [-0.25, -0.2) is 0 Å². The first-order chi connectivity index (χ1) is 5.90. The lowest BCUT2D eigenvalue weighted by Crippen LogP contribution is -2.35. The van der Waals surface area contributed by atoms with Crippen LogP contribution < -0.4 is 5.32 Å². The van der Waals surface area contributed by atoms with E-state index in [1.807, 2.05) is 12.3 Å². The van der Waals surface area contributed by atoms with E-state index in [0.29, 0.717) is 11.6 Å². The summed E-state index contributed by atoms with van der Waals surface area (Å²) in [5, 5.41) is 3.26. The van der Waals surface area contributed by atoms with Crippen molar-refractivity contribution in [1.82, 2.24) is 10.3 Å². The topological polar surface area (TPSA) is 42.0 Å². The predicted octanol–water partition coefficient (Wildman–Crippen LogP) is 0.929. The number of nitrogens with zero attached hydrogens (tertiary/aromatic N) is 1. The molecule has 1 aromatic rings. The molecule has 0 spiro atoms. The molecule has 0 amide bonds. The van der Waals surface area contributed by atoms with Gasteiger partial charge in [-0.15, -0.1) is 0 Å². The van der Waals surface area contributed by atoms with Gasteiger partial charge in [-0.3, -0.25) is 9.78 Å². The summed E-state index contributed by atoms with van der Waals surface area (Å²) in [5.41, 5.74) is 1.77. The Hall–Kier alpha value is -1.22. The van der Waals surface area contributed by atoms with Crippen LogP contribution in [0.15, 0.2) is 18.5 Å². The minimum Gasteiger partial charge on any atom is -0.310 e. The van der Waals surface area contributed by atoms with Crippen LogP contribution in [0.5, 0.6) is 0 Å². The quantitative estimate of drug-likeness (QED) is 0.658. The van der Waals surface area contributed by atoms with E-state index in [0.717, 1.165) is 24.8 Å². The second kappa shape index (κ2) is 3.03. The normalized spacial score (nSPS) is 21.5. The van der Waals surface area contributed by atoms with Crippen LogP contribution in [0.4, 0.5) is 0 Å². The van der Waals surface area contributed by atoms with Crippen molar-refractivity contribution in [3.05, 3.63) is 29.6 Å². The monoisotopic (exact) mass is 162 g/mol. The highest BCUT2D eigenvalue weighted by Gasteiger charge is 2.18. The molecular weight excluding hydrogens is 152 g/mol. The fraction of sp³-hybridized carbons (Fsp3) is 0.333. The van der Waals surface area contributed by atoms with Crippen LogP contribution >= 0.6 is 0 Å². The highest BCUT2D eigenvalue weighted by molar-refractivity contribution is 5.74. The van der Waals surface area contributed by atoms with Gasteiger partial charge in [0.1, 0.15) is 0 Å². The zero-order valence-corrected chi connectivity index (χ0v) is 6.66. The summed E-state index contributed by atoms with van der Waals surface area (Å²) in [5.74, 6) is 0. The zero-order valence-electron chi connectivity index (χ0n) is 6.66. The van der Waals surface area contributed by atoms with Gasteiger partial charge < -0.3 is 5.32 Å². The van der Waals surface area contributed by atoms with E-state index in [1.165, 1.54) is 0 Å². The Kier molecular flexibility index (Phi) is 1.87. The zero-order chi connectivity index (χ0) is 8.39. The Morgan fingerprint density at radius 2 is 2.42 bits per heavy atom. The number of pyridine rings is 1. The van der Waals surface area contributed by atoms with Crippen LogP contribution in [-0.4, -0.2) is 17.8 Å². The van der Waals surface area contributed by atoms with Crippen molar-refractivity contribution in [3.63, 3.8) is 0 Å². The summed E-state index contributed by atoms with van der Waals surface area (Å²) >= 11 is 0. The number of hydrogen-bond acceptors (Lipinski definition) is 3. The highest BCUT2D eigenvalue weighted by Crippen LogP contribution is 2.21. The van der Waals surface area contributed by atoms with Gasteiger partial charge in [0, 0.05) is 24.0 Å². The van der Waals surface area contributed by atoms with E-state index < -0.39 is 0 Å². The molecule has 0 saturated carbocycles. The molecule has 0 radical (unpaired) electrons. The first-order valence-corrected chi connectivity index (χ1v) is 4.03. The SMILES string of the molecule is O=Cc1cncc([C@H]2CCN2)c1. The number of aldehydes is 1. The summed E-state index contributed by atoms with van der Waals surface area (Å²) in [4.78, 5) is 14.4. The number of aromatic nitrogens is 1. The van der Waals surface area contributed by atoms with Crippen LogP contribution in [0, 0.1) is 0 Å². The first kappa shape index (κ1) is 7.43. The molecule has 3 heteroatoms.